The number of rotatable bonds is 19. The van der Waals surface area contributed by atoms with E-state index in [-0.39, 0.29) is 0 Å². The molecule has 0 radical (unpaired) electrons. The van der Waals surface area contributed by atoms with Gasteiger partial charge in [0.2, 0.25) is 0 Å². The first-order chi connectivity index (χ1) is 11.7. The van der Waals surface area contributed by atoms with Gasteiger partial charge in [0.1, 0.15) is 0 Å². The van der Waals surface area contributed by atoms with E-state index in [0.29, 0.717) is 0 Å². The van der Waals surface area contributed by atoms with Crippen molar-refractivity contribution in [1.29, 1.82) is 0 Å². The molecule has 0 heteroatoms. The Morgan fingerprint density at radius 1 is 0.417 bits per heavy atom. The van der Waals surface area contributed by atoms with Gasteiger partial charge in [-0.1, -0.05) is 143 Å². The monoisotopic (exact) mass is 338 g/mol. The standard InChI is InChI=1S/C24H50/c1-5-6-7-8-9-10-11-12-15-18-21-24(4)22-19-16-13-14-17-20-23(2)3/h23-24H,5-22H2,1-4H3. The lowest BCUT2D eigenvalue weighted by Crippen LogP contribution is -1.95. The fourth-order valence-corrected chi connectivity index (χ4v) is 3.70. The molecule has 0 aromatic heterocycles. The van der Waals surface area contributed by atoms with Crippen molar-refractivity contribution in [2.75, 3.05) is 0 Å². The maximum absolute atomic E-state index is 2.48. The van der Waals surface area contributed by atoms with E-state index in [1.165, 1.54) is 116 Å². The van der Waals surface area contributed by atoms with Crippen molar-refractivity contribution in [3.05, 3.63) is 0 Å². The fourth-order valence-electron chi connectivity index (χ4n) is 3.70. The van der Waals surface area contributed by atoms with E-state index in [1.54, 1.807) is 0 Å². The first kappa shape index (κ1) is 24.0. The summed E-state index contributed by atoms with van der Waals surface area (Å²) in [5.41, 5.74) is 0. The molecule has 0 aliphatic heterocycles. The molecule has 0 amide bonds. The van der Waals surface area contributed by atoms with Gasteiger partial charge in [0, 0.05) is 0 Å². The maximum atomic E-state index is 2.48. The van der Waals surface area contributed by atoms with E-state index >= 15 is 0 Å². The third-order valence-corrected chi connectivity index (χ3v) is 5.53. The van der Waals surface area contributed by atoms with Crippen molar-refractivity contribution >= 4 is 0 Å². The van der Waals surface area contributed by atoms with Crippen LogP contribution in [0.4, 0.5) is 0 Å². The highest BCUT2D eigenvalue weighted by atomic mass is 14.1. The number of unbranched alkanes of at least 4 members (excludes halogenated alkanes) is 13. The van der Waals surface area contributed by atoms with E-state index in [0.717, 1.165) is 11.8 Å². The number of hydrogen-bond acceptors (Lipinski definition) is 0. The van der Waals surface area contributed by atoms with Gasteiger partial charge >= 0.3 is 0 Å². The summed E-state index contributed by atoms with van der Waals surface area (Å²) in [6.07, 6.45) is 26.3. The summed E-state index contributed by atoms with van der Waals surface area (Å²) in [5, 5.41) is 0. The van der Waals surface area contributed by atoms with Crippen LogP contribution >= 0.6 is 0 Å². The lowest BCUT2D eigenvalue weighted by Gasteiger charge is -2.11. The largest absolute Gasteiger partial charge is 0.0654 e. The zero-order valence-electron chi connectivity index (χ0n) is 17.9. The highest BCUT2D eigenvalue weighted by molar-refractivity contribution is 4.56. The van der Waals surface area contributed by atoms with Crippen LogP contribution in [0.2, 0.25) is 0 Å². The van der Waals surface area contributed by atoms with Gasteiger partial charge in [-0.15, -0.1) is 0 Å². The Labute approximate surface area is 155 Å². The van der Waals surface area contributed by atoms with Gasteiger partial charge in [0.25, 0.3) is 0 Å². The summed E-state index contributed by atoms with van der Waals surface area (Å²) in [5.74, 6) is 1.86. The predicted octanol–water partition coefficient (Wildman–Crippen LogP) is 9.32. The van der Waals surface area contributed by atoms with Gasteiger partial charge in [0.05, 0.1) is 0 Å². The third kappa shape index (κ3) is 20.0. The Morgan fingerprint density at radius 3 is 1.12 bits per heavy atom. The van der Waals surface area contributed by atoms with Crippen LogP contribution in [-0.2, 0) is 0 Å². The molecule has 0 aromatic carbocycles. The Balaban J connectivity index is 3.14. The Hall–Kier alpha value is 0. The van der Waals surface area contributed by atoms with E-state index in [4.69, 9.17) is 0 Å². The smallest absolute Gasteiger partial charge is 0.0443 e. The Morgan fingerprint density at radius 2 is 0.750 bits per heavy atom. The lowest BCUT2D eigenvalue weighted by atomic mass is 9.95. The molecule has 0 spiro atoms. The van der Waals surface area contributed by atoms with Gasteiger partial charge in [-0.2, -0.15) is 0 Å². The maximum Gasteiger partial charge on any atom is -0.0443 e. The zero-order valence-corrected chi connectivity index (χ0v) is 17.9. The molecule has 0 heterocycles. The van der Waals surface area contributed by atoms with E-state index in [2.05, 4.69) is 27.7 Å². The van der Waals surface area contributed by atoms with Crippen LogP contribution in [0.25, 0.3) is 0 Å². The molecule has 0 aliphatic carbocycles. The van der Waals surface area contributed by atoms with E-state index in [9.17, 15) is 0 Å². The molecule has 0 nitrogen and oxygen atoms in total. The topological polar surface area (TPSA) is 0 Å². The molecule has 146 valence electrons. The van der Waals surface area contributed by atoms with Gasteiger partial charge in [0.15, 0.2) is 0 Å². The molecular formula is C24H50. The van der Waals surface area contributed by atoms with Gasteiger partial charge < -0.3 is 0 Å². The van der Waals surface area contributed by atoms with Crippen LogP contribution in [0, 0.1) is 11.8 Å². The highest BCUT2D eigenvalue weighted by Crippen LogP contribution is 2.19. The summed E-state index contributed by atoms with van der Waals surface area (Å²) in [6.45, 7) is 9.46. The van der Waals surface area contributed by atoms with Crippen LogP contribution in [0.5, 0.6) is 0 Å². The fraction of sp³-hybridized carbons (Fsp3) is 1.00. The summed E-state index contributed by atoms with van der Waals surface area (Å²) in [6, 6.07) is 0. The summed E-state index contributed by atoms with van der Waals surface area (Å²) in [4.78, 5) is 0. The van der Waals surface area contributed by atoms with Crippen molar-refractivity contribution < 1.29 is 0 Å². The zero-order chi connectivity index (χ0) is 17.9. The molecule has 0 saturated carbocycles. The molecular weight excluding hydrogens is 288 g/mol. The summed E-state index contributed by atoms with van der Waals surface area (Å²) < 4.78 is 0. The van der Waals surface area contributed by atoms with Crippen molar-refractivity contribution in [2.45, 2.75) is 143 Å². The molecule has 0 fully saturated rings. The van der Waals surface area contributed by atoms with Crippen molar-refractivity contribution in [1.82, 2.24) is 0 Å². The average Bonchev–Trinajstić information content (AvgIpc) is 2.55. The molecule has 0 bridgehead atoms. The van der Waals surface area contributed by atoms with Crippen LogP contribution in [0.3, 0.4) is 0 Å². The molecule has 0 rings (SSSR count). The van der Waals surface area contributed by atoms with E-state index in [1.807, 2.05) is 0 Å². The molecule has 0 saturated heterocycles. The van der Waals surface area contributed by atoms with Gasteiger partial charge in [-0.25, -0.2) is 0 Å². The molecule has 0 N–H and O–H groups in total. The quantitative estimate of drug-likeness (QED) is 0.206. The summed E-state index contributed by atoms with van der Waals surface area (Å²) in [7, 11) is 0. The van der Waals surface area contributed by atoms with Crippen molar-refractivity contribution in [3.8, 4) is 0 Å². The lowest BCUT2D eigenvalue weighted by molar-refractivity contribution is 0.428. The third-order valence-electron chi connectivity index (χ3n) is 5.53. The highest BCUT2D eigenvalue weighted by Gasteiger charge is 2.02. The molecule has 0 aliphatic rings. The van der Waals surface area contributed by atoms with Gasteiger partial charge in [-0.3, -0.25) is 0 Å². The molecule has 1 unspecified atom stereocenters. The predicted molar refractivity (Wildman–Crippen MR) is 113 cm³/mol. The van der Waals surface area contributed by atoms with Crippen molar-refractivity contribution in [3.63, 3.8) is 0 Å². The minimum Gasteiger partial charge on any atom is -0.0654 e. The first-order valence-corrected chi connectivity index (χ1v) is 11.7. The van der Waals surface area contributed by atoms with Crippen LogP contribution in [0.15, 0.2) is 0 Å². The second kappa shape index (κ2) is 19.3. The van der Waals surface area contributed by atoms with Crippen LogP contribution < -0.4 is 0 Å². The van der Waals surface area contributed by atoms with E-state index < -0.39 is 0 Å². The first-order valence-electron chi connectivity index (χ1n) is 11.7. The normalized spacial score (nSPS) is 12.9. The minimum atomic E-state index is 0.895. The van der Waals surface area contributed by atoms with Gasteiger partial charge in [-0.05, 0) is 11.8 Å². The SMILES string of the molecule is CCCCCCCCCCCCC(C)CCCCCCCC(C)C. The van der Waals surface area contributed by atoms with Crippen LogP contribution in [0.1, 0.15) is 143 Å². The average molecular weight is 339 g/mol. The number of hydrogen-bond donors (Lipinski definition) is 0. The second-order valence-corrected chi connectivity index (χ2v) is 8.81. The minimum absolute atomic E-state index is 0.895. The second-order valence-electron chi connectivity index (χ2n) is 8.81. The summed E-state index contributed by atoms with van der Waals surface area (Å²) >= 11 is 0. The van der Waals surface area contributed by atoms with Crippen LogP contribution in [-0.4, -0.2) is 0 Å². The van der Waals surface area contributed by atoms with Crippen molar-refractivity contribution in [2.24, 2.45) is 11.8 Å². The Kier molecular flexibility index (Phi) is 19.3. The molecule has 0 aromatic rings. The molecule has 1 atom stereocenters. The Bertz CT molecular complexity index is 218. The molecule has 24 heavy (non-hydrogen) atoms.